The number of rotatable bonds is 13. The van der Waals surface area contributed by atoms with Crippen LogP contribution in [-0.4, -0.2) is 158 Å². The number of nitrogens with one attached hydrogen (secondary N) is 2. The van der Waals surface area contributed by atoms with E-state index in [0.717, 1.165) is 101 Å². The molecule has 20 nitrogen and oxygen atoms in total. The van der Waals surface area contributed by atoms with Crippen LogP contribution >= 0.6 is 80.0 Å². The number of piperidine rings is 3. The summed E-state index contributed by atoms with van der Waals surface area (Å²) in [6.07, 6.45) is 4.74. The number of aromatic nitrogens is 3. The van der Waals surface area contributed by atoms with Gasteiger partial charge in [0, 0.05) is 61.6 Å². The zero-order chi connectivity index (χ0) is 75.5. The minimum Gasteiger partial charge on any atom is -1.00 e. The summed E-state index contributed by atoms with van der Waals surface area (Å²) in [7, 11) is 2.37. The van der Waals surface area contributed by atoms with Gasteiger partial charge in [-0.05, 0) is 293 Å². The van der Waals surface area contributed by atoms with Crippen LogP contribution in [0.4, 0.5) is 45.5 Å². The van der Waals surface area contributed by atoms with Crippen LogP contribution in [0.25, 0.3) is 27.9 Å². The van der Waals surface area contributed by atoms with E-state index < -0.39 is 45.5 Å². The molecule has 31 heteroatoms. The predicted octanol–water partition coefficient (Wildman–Crippen LogP) is 10.1. The zero-order valence-electron chi connectivity index (χ0n) is 62.4. The summed E-state index contributed by atoms with van der Waals surface area (Å²) < 4.78 is 83.5. The Kier molecular flexibility index (Phi) is 34.3. The molecule has 3 saturated heterocycles. The molecule has 0 saturated carbocycles. The first-order chi connectivity index (χ1) is 48.4. The predicted molar refractivity (Wildman–Crippen MR) is 418 cm³/mol. The number of fused-ring (bicyclic) bond motifs is 3. The van der Waals surface area contributed by atoms with E-state index in [9.17, 15) is 36.4 Å². The standard InChI is InChI=1S/C28H30ClF3N6.C25H29ClIN3O4S.C20H26ClIN2O2.CH2O3.2K.H/c1-27(2,17-33)26-7-6-21(16-35-26)34-10-4-5-22-15-23-24(36-20-8-11-37(3)12-9-20)13-19(29)14-25(23)38(22)18-28(30,31)32;1-25(2,3)34-24(31)29(18-10-12-28(4)13-11-18)21-14-17(26)15-22-20(21)16-23(27)30(22)35(32,33)19-8-6-5-7-9-19;1-20(2,3)26-19(25)24(16-5-7-23(4)8-6-16)18-11-14(21)9-13-10-15(22)12-17(13)18;2-1-4-3;;;/h6-7,13-16,20,34,36H,8-12,18H2,1-3H3;5-9,14-16,18H,10-13H2,1-4H3;9,11-12,16H,5-8,10H2,1-4H3;1,3H;;;/q;;;;2*+1;-1/p-1. The molecule has 0 unspecified atom stereocenters. The molecule has 0 atom stereocenters. The fourth-order valence-corrected chi connectivity index (χ4v) is 16.5. The van der Waals surface area contributed by atoms with E-state index >= 15 is 0 Å². The molecule has 0 bridgehead atoms. The number of likely N-dealkylation sites (tertiary alicyclic amines) is 3. The normalized spacial score (nSPS) is 15.6. The zero-order valence-corrected chi connectivity index (χ0v) is 75.0. The molecule has 11 rings (SSSR count). The van der Waals surface area contributed by atoms with Crippen molar-refractivity contribution in [3.05, 3.63) is 142 Å². The summed E-state index contributed by atoms with van der Waals surface area (Å²) in [6.45, 7) is 19.2. The van der Waals surface area contributed by atoms with E-state index in [0.29, 0.717) is 57.6 Å². The first-order valence-corrected chi connectivity index (χ1v) is 38.2. The molecule has 556 valence electrons. The molecule has 3 aromatic heterocycles. The van der Waals surface area contributed by atoms with E-state index in [-0.39, 0.29) is 152 Å². The third-order valence-corrected chi connectivity index (χ3v) is 21.7. The molecule has 105 heavy (non-hydrogen) atoms. The van der Waals surface area contributed by atoms with Crippen molar-refractivity contribution in [1.82, 2.24) is 28.2 Å². The number of hydrogen-bond donors (Lipinski definition) is 2. The van der Waals surface area contributed by atoms with Crippen molar-refractivity contribution in [3.63, 3.8) is 0 Å². The Morgan fingerprint density at radius 2 is 1.25 bits per heavy atom. The Labute approximate surface area is 742 Å². The van der Waals surface area contributed by atoms with E-state index in [1.807, 2.05) is 81.2 Å². The molecule has 4 aromatic carbocycles. The van der Waals surface area contributed by atoms with Crippen molar-refractivity contribution in [2.45, 2.75) is 153 Å². The van der Waals surface area contributed by atoms with Gasteiger partial charge in [-0.1, -0.05) is 58.9 Å². The van der Waals surface area contributed by atoms with Crippen LogP contribution < -0.4 is 128 Å². The first kappa shape index (κ1) is 90.6. The Balaban J connectivity index is 0.000000278. The third-order valence-electron chi connectivity index (χ3n) is 17.5. The molecule has 2 amide bonds. The molecule has 6 heterocycles. The van der Waals surface area contributed by atoms with Crippen molar-refractivity contribution in [3.8, 4) is 17.9 Å². The summed E-state index contributed by atoms with van der Waals surface area (Å²) in [4.78, 5) is 52.7. The van der Waals surface area contributed by atoms with E-state index in [2.05, 4.69) is 103 Å². The first-order valence-electron chi connectivity index (χ1n) is 33.5. The van der Waals surface area contributed by atoms with Crippen molar-refractivity contribution in [2.24, 2.45) is 0 Å². The van der Waals surface area contributed by atoms with Crippen LogP contribution in [0.5, 0.6) is 0 Å². The van der Waals surface area contributed by atoms with Gasteiger partial charge in [0.1, 0.15) is 17.7 Å². The van der Waals surface area contributed by atoms with Crippen molar-refractivity contribution in [2.75, 3.05) is 87.4 Å². The molecule has 0 spiro atoms. The number of nitriles is 1. The number of allylic oxidation sites excluding steroid dienone is 1. The second-order valence-corrected chi connectivity index (χ2v) is 33.9. The second-order valence-electron chi connectivity index (χ2n) is 28.3. The van der Waals surface area contributed by atoms with Gasteiger partial charge in [-0.15, -0.1) is 0 Å². The number of carbonyl (C=O) groups excluding carboxylic acids is 3. The number of alkyl halides is 3. The van der Waals surface area contributed by atoms with Gasteiger partial charge >= 0.3 is 121 Å². The van der Waals surface area contributed by atoms with E-state index in [4.69, 9.17) is 54.3 Å². The summed E-state index contributed by atoms with van der Waals surface area (Å²) >= 11 is 23.7. The van der Waals surface area contributed by atoms with Gasteiger partial charge in [-0.2, -0.15) is 18.4 Å². The summed E-state index contributed by atoms with van der Waals surface area (Å²) in [5, 5.41) is 27.0. The summed E-state index contributed by atoms with van der Waals surface area (Å²) in [5.41, 5.74) is 4.93. The molecule has 3 aliphatic heterocycles. The smallest absolute Gasteiger partial charge is 1.00 e. The molecular formula is C74H87Cl3F3I2K2N11O9S. The van der Waals surface area contributed by atoms with Gasteiger partial charge in [0.05, 0.1) is 72.3 Å². The van der Waals surface area contributed by atoms with Crippen LogP contribution in [0.1, 0.15) is 118 Å². The quantitative estimate of drug-likeness (QED) is 0.0274. The minimum absolute atomic E-state index is 0. The number of amides is 2. The number of carbonyl (C=O) groups is 3. The van der Waals surface area contributed by atoms with Crippen LogP contribution in [0.3, 0.4) is 0 Å². The fourth-order valence-electron chi connectivity index (χ4n) is 12.4. The van der Waals surface area contributed by atoms with Gasteiger partial charge in [0.15, 0.2) is 0 Å². The van der Waals surface area contributed by atoms with Crippen LogP contribution in [0.2, 0.25) is 15.1 Å². The molecule has 1 aliphatic carbocycles. The van der Waals surface area contributed by atoms with E-state index in [1.54, 1.807) is 104 Å². The average Bonchev–Trinajstić information content (AvgIpc) is 1.60. The SMILES string of the molecule is CN1CCC(N(C(=O)OC(C)(C)C)c2cc(Cl)cc3c2C=C(I)C3)CC1.CN1CCC(N(C(=O)OC(C)(C)C)c2cc(Cl)cc3c2cc(I)n3S(=O)(=O)c2ccccc2)CC1.CN1CCC(Nc2cc(Cl)cc3c2cc(C#CCNc2ccc(C(C)(C)C#N)nc2)n3CC(F)(F)F)CC1.O=CO[O-].[H-].[K+].[K+]. The number of pyridine rings is 1. The van der Waals surface area contributed by atoms with Gasteiger partial charge < -0.3 is 50.9 Å². The van der Waals surface area contributed by atoms with Gasteiger partial charge in [-0.25, -0.2) is 22.0 Å². The number of nitrogens with zero attached hydrogens (tertiary/aromatic N) is 9. The van der Waals surface area contributed by atoms with Gasteiger partial charge in [0.25, 0.3) is 16.5 Å². The summed E-state index contributed by atoms with van der Waals surface area (Å²) in [5.74, 6) is 5.83. The maximum absolute atomic E-state index is 13.6. The van der Waals surface area contributed by atoms with Crippen molar-refractivity contribution < 1.29 is 160 Å². The molecule has 0 radical (unpaired) electrons. The molecular weight excluding hydrogens is 1710 g/mol. The molecule has 4 aliphatic rings. The molecule has 2 N–H and O–H groups in total. The van der Waals surface area contributed by atoms with Crippen LogP contribution in [0, 0.1) is 26.9 Å². The second kappa shape index (κ2) is 39.7. The van der Waals surface area contributed by atoms with Gasteiger partial charge in [0.2, 0.25) is 0 Å². The Bertz CT molecular complexity index is 4440. The van der Waals surface area contributed by atoms with Crippen LogP contribution in [0.15, 0.2) is 106 Å². The number of hydrogen-bond acceptors (Lipinski definition) is 16. The van der Waals surface area contributed by atoms with Crippen molar-refractivity contribution in [1.29, 1.82) is 5.26 Å². The third kappa shape index (κ3) is 25.4. The topological polar surface area (TPSA) is 223 Å². The van der Waals surface area contributed by atoms with Gasteiger partial charge in [-0.3, -0.25) is 19.6 Å². The number of benzene rings is 4. The molecule has 7 aromatic rings. The average molecular weight is 1800 g/mol. The minimum atomic E-state index is -4.42. The maximum Gasteiger partial charge on any atom is 1.00 e. The fraction of sp³-hybridized carbons (Fsp3) is 0.446. The summed E-state index contributed by atoms with van der Waals surface area (Å²) in [6, 6.07) is 28.4. The Morgan fingerprint density at radius 1 is 0.733 bits per heavy atom. The molecule has 3 fully saturated rings. The van der Waals surface area contributed by atoms with Crippen LogP contribution in [-0.2, 0) is 47.6 Å². The van der Waals surface area contributed by atoms with Crippen molar-refractivity contribution >= 4 is 159 Å². The Hall–Kier alpha value is -3.31. The number of halogens is 8. The number of anilines is 4. The maximum atomic E-state index is 13.6. The largest absolute Gasteiger partial charge is 1.00 e. The van der Waals surface area contributed by atoms with E-state index in [1.165, 1.54) is 17.7 Å². The monoisotopic (exact) mass is 1800 g/mol. The Morgan fingerprint density at radius 3 is 1.76 bits per heavy atom. The number of ether oxygens (including phenoxy) is 2.